The third kappa shape index (κ3) is 2.72. The number of benzene rings is 2. The van der Waals surface area contributed by atoms with Crippen LogP contribution in [0, 0.1) is 0 Å². The van der Waals surface area contributed by atoms with Crippen molar-refractivity contribution >= 4 is 22.6 Å². The first-order valence-corrected chi connectivity index (χ1v) is 10.9. The second-order valence-electron chi connectivity index (χ2n) is 8.39. The minimum Gasteiger partial charge on any atom is -0.471 e. The minimum absolute atomic E-state index is 0.0775. The molecule has 2 N–H and O–H groups in total. The van der Waals surface area contributed by atoms with Gasteiger partial charge in [-0.05, 0) is 42.8 Å². The second-order valence-corrected chi connectivity index (χ2v) is 8.39. The standard InChI is InChI=1S/C26H21N3O4/c1-2-26(33-16-7-4-3-5-8-16)19-12-22-23-15(11-17-20(27)9-6-10-21(17)28-23)13-29(22)24(30)18(19)14-32-25(26)31/h3-12H,2,13-14,27H2,1H3/t26-/m0/s1. The van der Waals surface area contributed by atoms with E-state index in [1.807, 2.05) is 55.5 Å². The number of carbonyl (C=O) groups is 1. The van der Waals surface area contributed by atoms with Crippen molar-refractivity contribution in [1.29, 1.82) is 0 Å². The first kappa shape index (κ1) is 19.5. The van der Waals surface area contributed by atoms with Crippen LogP contribution in [0.3, 0.4) is 0 Å². The summed E-state index contributed by atoms with van der Waals surface area (Å²) in [6.45, 7) is 2.17. The summed E-state index contributed by atoms with van der Waals surface area (Å²) in [5.41, 5.74) is 9.23. The number of fused-ring (bicyclic) bond motifs is 5. The number of rotatable bonds is 3. The lowest BCUT2D eigenvalue weighted by Crippen LogP contribution is -2.48. The van der Waals surface area contributed by atoms with Crippen molar-refractivity contribution in [3.63, 3.8) is 0 Å². The number of nitrogen functional groups attached to an aromatic ring is 1. The normalized spacial score (nSPS) is 18.4. The average molecular weight is 439 g/mol. The average Bonchev–Trinajstić information content (AvgIpc) is 3.19. The summed E-state index contributed by atoms with van der Waals surface area (Å²) in [5.74, 6) is 0.0351. The monoisotopic (exact) mass is 439 g/mol. The van der Waals surface area contributed by atoms with E-state index in [2.05, 4.69) is 0 Å². The first-order chi connectivity index (χ1) is 16.0. The molecule has 0 saturated heterocycles. The van der Waals surface area contributed by atoms with Gasteiger partial charge in [0.05, 0.1) is 29.0 Å². The van der Waals surface area contributed by atoms with Crippen LogP contribution in [0.5, 0.6) is 5.75 Å². The SMILES string of the molecule is CC[C@@]1(Oc2ccccc2)C(=O)OCc2c1cc1n(c2=O)Cc2cc3c(N)cccc3nc2-1. The molecule has 6 rings (SSSR count). The zero-order chi connectivity index (χ0) is 22.7. The van der Waals surface area contributed by atoms with Crippen molar-refractivity contribution in [2.45, 2.75) is 32.1 Å². The third-order valence-electron chi connectivity index (χ3n) is 6.59. The van der Waals surface area contributed by atoms with Crippen LogP contribution < -0.4 is 16.0 Å². The molecule has 7 heteroatoms. The van der Waals surface area contributed by atoms with Gasteiger partial charge in [-0.15, -0.1) is 0 Å². The predicted molar refractivity (Wildman–Crippen MR) is 124 cm³/mol. The fourth-order valence-corrected chi connectivity index (χ4v) is 4.87. The summed E-state index contributed by atoms with van der Waals surface area (Å²) in [6.07, 6.45) is 0.311. The molecule has 0 radical (unpaired) electrons. The number of carbonyl (C=O) groups excluding carboxylic acids is 1. The Balaban J connectivity index is 1.59. The number of anilines is 1. The highest BCUT2D eigenvalue weighted by Crippen LogP contribution is 2.41. The van der Waals surface area contributed by atoms with Gasteiger partial charge in [0.15, 0.2) is 0 Å². The Labute approximate surface area is 189 Å². The van der Waals surface area contributed by atoms with Gasteiger partial charge in [-0.25, -0.2) is 9.78 Å². The van der Waals surface area contributed by atoms with Crippen molar-refractivity contribution in [1.82, 2.24) is 9.55 Å². The van der Waals surface area contributed by atoms with Crippen LogP contribution in [0.25, 0.3) is 22.3 Å². The first-order valence-electron chi connectivity index (χ1n) is 10.9. The number of nitrogens with two attached hydrogens (primary N) is 1. The highest BCUT2D eigenvalue weighted by Gasteiger charge is 2.49. The fourth-order valence-electron chi connectivity index (χ4n) is 4.87. The molecule has 7 nitrogen and oxygen atoms in total. The van der Waals surface area contributed by atoms with E-state index >= 15 is 0 Å². The summed E-state index contributed by atoms with van der Waals surface area (Å²) in [7, 11) is 0. The van der Waals surface area contributed by atoms with Gasteiger partial charge in [0, 0.05) is 22.2 Å². The van der Waals surface area contributed by atoms with Crippen molar-refractivity contribution in [3.8, 4) is 17.1 Å². The van der Waals surface area contributed by atoms with Crippen LogP contribution in [-0.4, -0.2) is 15.5 Å². The van der Waals surface area contributed by atoms with Crippen LogP contribution in [0.15, 0.2) is 65.5 Å². The maximum absolute atomic E-state index is 13.6. The molecule has 0 unspecified atom stereocenters. The number of hydrogen-bond donors (Lipinski definition) is 1. The molecule has 0 bridgehead atoms. The zero-order valence-electron chi connectivity index (χ0n) is 18.0. The quantitative estimate of drug-likeness (QED) is 0.340. The highest BCUT2D eigenvalue weighted by molar-refractivity contribution is 5.93. The van der Waals surface area contributed by atoms with Gasteiger partial charge < -0.3 is 19.8 Å². The van der Waals surface area contributed by atoms with Gasteiger partial charge in [-0.2, -0.15) is 0 Å². The number of esters is 1. The Morgan fingerprint density at radius 3 is 2.73 bits per heavy atom. The molecule has 0 spiro atoms. The molecule has 164 valence electrons. The van der Waals surface area contributed by atoms with E-state index in [1.54, 1.807) is 16.7 Å². The van der Waals surface area contributed by atoms with Gasteiger partial charge in [-0.3, -0.25) is 4.79 Å². The molecule has 33 heavy (non-hydrogen) atoms. The Bertz CT molecular complexity index is 1510. The molecule has 4 heterocycles. The van der Waals surface area contributed by atoms with Crippen molar-refractivity contribution in [3.05, 3.63) is 87.7 Å². The lowest BCUT2D eigenvalue weighted by atomic mass is 9.85. The number of aromatic nitrogens is 2. The number of pyridine rings is 2. The van der Waals surface area contributed by atoms with Gasteiger partial charge in [0.1, 0.15) is 12.4 Å². The number of hydrogen-bond acceptors (Lipinski definition) is 6. The third-order valence-corrected chi connectivity index (χ3v) is 6.59. The molecule has 1 atom stereocenters. The highest BCUT2D eigenvalue weighted by atomic mass is 16.6. The van der Waals surface area contributed by atoms with Gasteiger partial charge in [0.2, 0.25) is 5.60 Å². The van der Waals surface area contributed by atoms with Crippen LogP contribution in [0.1, 0.15) is 30.0 Å². The van der Waals surface area contributed by atoms with E-state index < -0.39 is 11.6 Å². The maximum atomic E-state index is 13.6. The number of nitrogens with zero attached hydrogens (tertiary/aromatic N) is 2. The minimum atomic E-state index is -1.41. The van der Waals surface area contributed by atoms with Crippen LogP contribution in [0.4, 0.5) is 5.69 Å². The second kappa shape index (κ2) is 6.93. The molecular formula is C26H21N3O4. The van der Waals surface area contributed by atoms with Crippen molar-refractivity contribution < 1.29 is 14.3 Å². The van der Waals surface area contributed by atoms with E-state index in [4.69, 9.17) is 20.2 Å². The van der Waals surface area contributed by atoms with E-state index in [0.29, 0.717) is 41.2 Å². The van der Waals surface area contributed by atoms with Crippen molar-refractivity contribution in [2.24, 2.45) is 0 Å². The zero-order valence-corrected chi connectivity index (χ0v) is 18.0. The molecule has 0 aliphatic carbocycles. The lowest BCUT2D eigenvalue weighted by Gasteiger charge is -2.36. The molecule has 2 aliphatic rings. The van der Waals surface area contributed by atoms with Gasteiger partial charge >= 0.3 is 5.97 Å². The Morgan fingerprint density at radius 1 is 1.12 bits per heavy atom. The fraction of sp³-hybridized carbons (Fsp3) is 0.192. The van der Waals surface area contributed by atoms with Crippen LogP contribution >= 0.6 is 0 Å². The molecule has 2 aliphatic heterocycles. The summed E-state index contributed by atoms with van der Waals surface area (Å²) >= 11 is 0. The largest absolute Gasteiger partial charge is 0.471 e. The smallest absolute Gasteiger partial charge is 0.355 e. The molecule has 0 saturated carbocycles. The number of cyclic esters (lactones) is 1. The Morgan fingerprint density at radius 2 is 1.94 bits per heavy atom. The van der Waals surface area contributed by atoms with Gasteiger partial charge in [-0.1, -0.05) is 31.2 Å². The molecule has 0 amide bonds. The molecule has 2 aromatic heterocycles. The maximum Gasteiger partial charge on any atom is 0.355 e. The Kier molecular flexibility index (Phi) is 4.11. The predicted octanol–water partition coefficient (Wildman–Crippen LogP) is 3.75. The summed E-state index contributed by atoms with van der Waals surface area (Å²) in [5, 5.41) is 0.857. The Hall–Kier alpha value is -4.13. The topological polar surface area (TPSA) is 96.4 Å². The molecule has 4 aromatic rings. The van der Waals surface area contributed by atoms with E-state index in [0.717, 1.165) is 22.2 Å². The molecular weight excluding hydrogens is 418 g/mol. The van der Waals surface area contributed by atoms with E-state index in [9.17, 15) is 9.59 Å². The van der Waals surface area contributed by atoms with Crippen LogP contribution in [-0.2, 0) is 28.3 Å². The summed E-state index contributed by atoms with van der Waals surface area (Å²) < 4.78 is 13.4. The number of ether oxygens (including phenoxy) is 2. The number of para-hydroxylation sites is 1. The molecule has 2 aromatic carbocycles. The van der Waals surface area contributed by atoms with Crippen LogP contribution in [0.2, 0.25) is 0 Å². The molecule has 0 fully saturated rings. The van der Waals surface area contributed by atoms with E-state index in [1.165, 1.54) is 0 Å². The summed E-state index contributed by atoms with van der Waals surface area (Å²) in [4.78, 5) is 31.5. The lowest BCUT2D eigenvalue weighted by molar-refractivity contribution is -0.168. The van der Waals surface area contributed by atoms with E-state index in [-0.39, 0.29) is 12.2 Å². The van der Waals surface area contributed by atoms with Crippen molar-refractivity contribution in [2.75, 3.05) is 5.73 Å². The summed E-state index contributed by atoms with van der Waals surface area (Å²) in [6, 6.07) is 18.6. The van der Waals surface area contributed by atoms with Gasteiger partial charge in [0.25, 0.3) is 5.56 Å².